The van der Waals surface area contributed by atoms with E-state index in [4.69, 9.17) is 23.2 Å². The first-order valence-electron chi connectivity index (χ1n) is 4.94. The maximum Gasteiger partial charge on any atom is 0.258 e. The normalized spacial score (nSPS) is 10.2. The highest BCUT2D eigenvalue weighted by Crippen LogP contribution is 2.20. The van der Waals surface area contributed by atoms with Crippen LogP contribution in [0.3, 0.4) is 0 Å². The minimum atomic E-state index is -0.337. The SMILES string of the molecule is O=C(Nc1cccc(Cl)c1)c1cc(Br)cnc1Cl. The summed E-state index contributed by atoms with van der Waals surface area (Å²) in [5.41, 5.74) is 0.898. The number of hydrogen-bond acceptors (Lipinski definition) is 2. The number of anilines is 1. The number of aromatic nitrogens is 1. The molecule has 2 rings (SSSR count). The summed E-state index contributed by atoms with van der Waals surface area (Å²) >= 11 is 14.9. The van der Waals surface area contributed by atoms with Crippen LogP contribution >= 0.6 is 39.1 Å². The molecule has 0 saturated heterocycles. The Morgan fingerprint density at radius 1 is 1.28 bits per heavy atom. The number of amides is 1. The summed E-state index contributed by atoms with van der Waals surface area (Å²) in [4.78, 5) is 15.9. The van der Waals surface area contributed by atoms with Crippen molar-refractivity contribution < 1.29 is 4.79 Å². The van der Waals surface area contributed by atoms with Gasteiger partial charge in [0, 0.05) is 21.4 Å². The van der Waals surface area contributed by atoms with Crippen molar-refractivity contribution in [1.82, 2.24) is 4.98 Å². The van der Waals surface area contributed by atoms with Crippen molar-refractivity contribution in [1.29, 1.82) is 0 Å². The van der Waals surface area contributed by atoms with E-state index in [0.29, 0.717) is 20.7 Å². The molecule has 1 N–H and O–H groups in total. The molecule has 1 amide bonds. The van der Waals surface area contributed by atoms with E-state index in [1.807, 2.05) is 0 Å². The van der Waals surface area contributed by atoms with Gasteiger partial charge in [-0.25, -0.2) is 4.98 Å². The molecule has 2 aromatic rings. The largest absolute Gasteiger partial charge is 0.322 e. The smallest absolute Gasteiger partial charge is 0.258 e. The number of nitrogens with zero attached hydrogens (tertiary/aromatic N) is 1. The standard InChI is InChI=1S/C12H7BrCl2N2O/c13-7-4-10(11(15)16-6-7)12(18)17-9-3-1-2-8(14)5-9/h1-6H,(H,17,18). The van der Waals surface area contributed by atoms with Crippen LogP contribution in [-0.2, 0) is 0 Å². The Balaban J connectivity index is 2.24. The van der Waals surface area contributed by atoms with Crippen LogP contribution < -0.4 is 5.32 Å². The monoisotopic (exact) mass is 344 g/mol. The van der Waals surface area contributed by atoms with E-state index in [1.165, 1.54) is 6.20 Å². The van der Waals surface area contributed by atoms with Crippen molar-refractivity contribution in [3.05, 3.63) is 56.7 Å². The number of pyridine rings is 1. The predicted molar refractivity (Wildman–Crippen MR) is 76.4 cm³/mol. The summed E-state index contributed by atoms with van der Waals surface area (Å²) in [5, 5.41) is 3.40. The van der Waals surface area contributed by atoms with Crippen LogP contribution in [0.2, 0.25) is 10.2 Å². The number of carbonyl (C=O) groups is 1. The van der Waals surface area contributed by atoms with Gasteiger partial charge in [0.25, 0.3) is 5.91 Å². The van der Waals surface area contributed by atoms with Crippen LogP contribution in [0.1, 0.15) is 10.4 Å². The van der Waals surface area contributed by atoms with Gasteiger partial charge in [-0.2, -0.15) is 0 Å². The van der Waals surface area contributed by atoms with E-state index in [2.05, 4.69) is 26.2 Å². The Kier molecular flexibility index (Phi) is 4.22. The molecule has 1 aromatic heterocycles. The summed E-state index contributed by atoms with van der Waals surface area (Å²) in [6, 6.07) is 8.47. The number of nitrogens with one attached hydrogen (secondary N) is 1. The van der Waals surface area contributed by atoms with E-state index < -0.39 is 0 Å². The first-order chi connectivity index (χ1) is 8.56. The molecular weight excluding hydrogens is 339 g/mol. The molecule has 0 radical (unpaired) electrons. The van der Waals surface area contributed by atoms with Crippen LogP contribution in [0.25, 0.3) is 0 Å². The lowest BCUT2D eigenvalue weighted by molar-refractivity contribution is 0.102. The van der Waals surface area contributed by atoms with E-state index >= 15 is 0 Å². The average Bonchev–Trinajstić information content (AvgIpc) is 2.32. The highest BCUT2D eigenvalue weighted by Gasteiger charge is 2.12. The molecule has 92 valence electrons. The Labute approximate surface area is 122 Å². The van der Waals surface area contributed by atoms with Gasteiger partial charge < -0.3 is 5.32 Å². The molecule has 0 aliphatic carbocycles. The van der Waals surface area contributed by atoms with Crippen LogP contribution in [0.4, 0.5) is 5.69 Å². The second-order valence-corrected chi connectivity index (χ2v) is 5.17. The molecule has 0 bridgehead atoms. The first-order valence-corrected chi connectivity index (χ1v) is 6.49. The lowest BCUT2D eigenvalue weighted by Crippen LogP contribution is -2.13. The van der Waals surface area contributed by atoms with E-state index in [9.17, 15) is 4.79 Å². The number of rotatable bonds is 2. The summed E-state index contributed by atoms with van der Waals surface area (Å²) in [5.74, 6) is -0.337. The van der Waals surface area contributed by atoms with Gasteiger partial charge in [-0.05, 0) is 40.2 Å². The fourth-order valence-electron chi connectivity index (χ4n) is 1.35. The summed E-state index contributed by atoms with van der Waals surface area (Å²) in [6.45, 7) is 0. The molecule has 6 heteroatoms. The molecule has 0 spiro atoms. The summed E-state index contributed by atoms with van der Waals surface area (Å²) in [6.07, 6.45) is 1.53. The van der Waals surface area contributed by atoms with Crippen molar-refractivity contribution in [2.24, 2.45) is 0 Å². The molecule has 18 heavy (non-hydrogen) atoms. The number of hydrogen-bond donors (Lipinski definition) is 1. The lowest BCUT2D eigenvalue weighted by Gasteiger charge is -2.06. The highest BCUT2D eigenvalue weighted by molar-refractivity contribution is 9.10. The lowest BCUT2D eigenvalue weighted by atomic mass is 10.2. The second-order valence-electron chi connectivity index (χ2n) is 3.46. The summed E-state index contributed by atoms with van der Waals surface area (Å²) in [7, 11) is 0. The van der Waals surface area contributed by atoms with Gasteiger partial charge in [-0.1, -0.05) is 29.3 Å². The first kappa shape index (κ1) is 13.3. The molecule has 0 aliphatic heterocycles. The van der Waals surface area contributed by atoms with Crippen molar-refractivity contribution in [3.63, 3.8) is 0 Å². The molecular formula is C12H7BrCl2N2O. The second kappa shape index (κ2) is 5.69. The highest BCUT2D eigenvalue weighted by atomic mass is 79.9. The molecule has 0 atom stereocenters. The Morgan fingerprint density at radius 2 is 2.06 bits per heavy atom. The molecule has 0 aliphatic rings. The molecule has 0 fully saturated rings. The van der Waals surface area contributed by atoms with Gasteiger partial charge in [0.1, 0.15) is 5.15 Å². The average molecular weight is 346 g/mol. The third kappa shape index (κ3) is 3.22. The van der Waals surface area contributed by atoms with Crippen LogP contribution in [0.15, 0.2) is 41.0 Å². The van der Waals surface area contributed by atoms with Gasteiger partial charge in [0.15, 0.2) is 0 Å². The van der Waals surface area contributed by atoms with Crippen LogP contribution in [-0.4, -0.2) is 10.9 Å². The minimum Gasteiger partial charge on any atom is -0.322 e. The molecule has 0 unspecified atom stereocenters. The van der Waals surface area contributed by atoms with Crippen molar-refractivity contribution in [2.45, 2.75) is 0 Å². The quantitative estimate of drug-likeness (QED) is 0.819. The molecule has 0 saturated carbocycles. The topological polar surface area (TPSA) is 42.0 Å². The van der Waals surface area contributed by atoms with Crippen LogP contribution in [0, 0.1) is 0 Å². The third-order valence-corrected chi connectivity index (χ3v) is 3.10. The fraction of sp³-hybridized carbons (Fsp3) is 0. The fourth-order valence-corrected chi connectivity index (χ4v) is 2.06. The van der Waals surface area contributed by atoms with Crippen molar-refractivity contribution in [3.8, 4) is 0 Å². The van der Waals surface area contributed by atoms with Crippen molar-refractivity contribution >= 4 is 50.7 Å². The zero-order valence-electron chi connectivity index (χ0n) is 8.95. The number of carbonyl (C=O) groups excluding carboxylic acids is 1. The Morgan fingerprint density at radius 3 is 2.78 bits per heavy atom. The number of benzene rings is 1. The van der Waals surface area contributed by atoms with Gasteiger partial charge in [0.05, 0.1) is 5.56 Å². The minimum absolute atomic E-state index is 0.151. The van der Waals surface area contributed by atoms with Gasteiger partial charge in [-0.15, -0.1) is 0 Å². The maximum absolute atomic E-state index is 12.0. The third-order valence-electron chi connectivity index (χ3n) is 2.13. The molecule has 1 heterocycles. The van der Waals surface area contributed by atoms with E-state index in [1.54, 1.807) is 30.3 Å². The van der Waals surface area contributed by atoms with E-state index in [-0.39, 0.29) is 11.1 Å². The molecule has 3 nitrogen and oxygen atoms in total. The molecule has 1 aromatic carbocycles. The predicted octanol–water partition coefficient (Wildman–Crippen LogP) is 4.40. The zero-order chi connectivity index (χ0) is 13.1. The van der Waals surface area contributed by atoms with Gasteiger partial charge >= 0.3 is 0 Å². The maximum atomic E-state index is 12.0. The van der Waals surface area contributed by atoms with Gasteiger partial charge in [-0.3, -0.25) is 4.79 Å². The number of halogens is 3. The Hall–Kier alpha value is -1.10. The van der Waals surface area contributed by atoms with E-state index in [0.717, 1.165) is 0 Å². The van der Waals surface area contributed by atoms with Crippen molar-refractivity contribution in [2.75, 3.05) is 5.32 Å². The summed E-state index contributed by atoms with van der Waals surface area (Å²) < 4.78 is 0.683. The zero-order valence-corrected chi connectivity index (χ0v) is 12.1. The van der Waals surface area contributed by atoms with Gasteiger partial charge in [0.2, 0.25) is 0 Å². The Bertz CT molecular complexity index is 604. The van der Waals surface area contributed by atoms with Crippen LogP contribution in [0.5, 0.6) is 0 Å².